The largest absolute Gasteiger partial charge is 0.362 e. The summed E-state index contributed by atoms with van der Waals surface area (Å²) in [6.45, 7) is 8.50. The normalized spacial score (nSPS) is 12.7. The molecule has 0 amide bonds. The van der Waals surface area contributed by atoms with Gasteiger partial charge in [0.05, 0.1) is 6.04 Å². The Labute approximate surface area is 135 Å². The maximum atomic E-state index is 6.25. The Morgan fingerprint density at radius 2 is 2.10 bits per heavy atom. The van der Waals surface area contributed by atoms with Crippen molar-refractivity contribution in [3.8, 4) is 0 Å². The topological polar surface area (TPSA) is 37.8 Å². The van der Waals surface area contributed by atoms with Crippen LogP contribution in [0.1, 0.15) is 49.5 Å². The Bertz CT molecular complexity index is 581. The molecule has 5 heteroatoms. The fourth-order valence-electron chi connectivity index (χ4n) is 2.19. The van der Waals surface area contributed by atoms with E-state index in [-0.39, 0.29) is 6.04 Å². The smallest absolute Gasteiger partial charge is 0.137 e. The van der Waals surface area contributed by atoms with E-state index in [0.29, 0.717) is 11.1 Å². The molecule has 1 N–H and O–H groups in total. The minimum absolute atomic E-state index is 0.240. The molecule has 0 saturated carbocycles. The zero-order chi connectivity index (χ0) is 15.4. The number of aryl methyl sites for hydroxylation is 1. The molecule has 0 fully saturated rings. The molecule has 0 spiro atoms. The number of rotatable bonds is 6. The molecule has 114 valence electrons. The fourth-order valence-corrected chi connectivity index (χ4v) is 3.33. The van der Waals surface area contributed by atoms with Gasteiger partial charge in [0.1, 0.15) is 16.8 Å². The van der Waals surface area contributed by atoms with E-state index in [4.69, 9.17) is 11.6 Å². The quantitative estimate of drug-likeness (QED) is 0.737. The minimum Gasteiger partial charge on any atom is -0.362 e. The van der Waals surface area contributed by atoms with Gasteiger partial charge < -0.3 is 5.32 Å². The summed E-state index contributed by atoms with van der Waals surface area (Å²) in [5.74, 6) is 2.13. The van der Waals surface area contributed by atoms with Crippen LogP contribution in [0.25, 0.3) is 0 Å². The van der Waals surface area contributed by atoms with Crippen molar-refractivity contribution in [1.82, 2.24) is 9.97 Å². The molecule has 0 aliphatic carbocycles. The molecular weight excluding hydrogens is 302 g/mol. The van der Waals surface area contributed by atoms with Crippen LogP contribution in [0.4, 0.5) is 5.82 Å². The third kappa shape index (κ3) is 3.95. The molecule has 1 unspecified atom stereocenters. The molecular formula is C16H22ClN3S. The average molecular weight is 324 g/mol. The first-order valence-corrected chi connectivity index (χ1v) is 8.61. The predicted octanol–water partition coefficient (Wildman–Crippen LogP) is 5.26. The standard InChI is InChI=1S/C16H22ClN3S/c1-5-7-13-18-15(17)11(4)16(19-13)20-14(10(2)3)12-8-6-9-21-12/h6,8-10,14H,5,7H2,1-4H3,(H,18,19,20). The summed E-state index contributed by atoms with van der Waals surface area (Å²) < 4.78 is 0. The summed E-state index contributed by atoms with van der Waals surface area (Å²) in [6.07, 6.45) is 1.86. The van der Waals surface area contributed by atoms with Crippen molar-refractivity contribution in [2.45, 2.75) is 46.6 Å². The number of thiophene rings is 1. The van der Waals surface area contributed by atoms with Gasteiger partial charge in [-0.1, -0.05) is 38.4 Å². The first-order valence-electron chi connectivity index (χ1n) is 7.35. The van der Waals surface area contributed by atoms with E-state index in [1.165, 1.54) is 4.88 Å². The summed E-state index contributed by atoms with van der Waals surface area (Å²) in [5, 5.41) is 6.22. The number of nitrogens with one attached hydrogen (secondary N) is 1. The van der Waals surface area contributed by atoms with Gasteiger partial charge in [0, 0.05) is 16.9 Å². The van der Waals surface area contributed by atoms with E-state index >= 15 is 0 Å². The van der Waals surface area contributed by atoms with Gasteiger partial charge in [-0.3, -0.25) is 0 Å². The van der Waals surface area contributed by atoms with Crippen molar-refractivity contribution in [3.63, 3.8) is 0 Å². The molecule has 2 heterocycles. The van der Waals surface area contributed by atoms with Gasteiger partial charge in [0.2, 0.25) is 0 Å². The number of aromatic nitrogens is 2. The fraction of sp³-hybridized carbons (Fsp3) is 0.500. The summed E-state index contributed by atoms with van der Waals surface area (Å²) in [6, 6.07) is 4.48. The number of nitrogens with zero attached hydrogens (tertiary/aromatic N) is 2. The van der Waals surface area contributed by atoms with Crippen molar-refractivity contribution >= 4 is 28.8 Å². The first kappa shape index (κ1) is 16.2. The lowest BCUT2D eigenvalue weighted by molar-refractivity contribution is 0.551. The van der Waals surface area contributed by atoms with Crippen LogP contribution in [0.5, 0.6) is 0 Å². The Balaban J connectivity index is 2.32. The zero-order valence-corrected chi connectivity index (χ0v) is 14.6. The zero-order valence-electron chi connectivity index (χ0n) is 13.0. The molecule has 2 rings (SSSR count). The lowest BCUT2D eigenvalue weighted by atomic mass is 10.0. The van der Waals surface area contributed by atoms with E-state index < -0.39 is 0 Å². The lowest BCUT2D eigenvalue weighted by Gasteiger charge is -2.23. The van der Waals surface area contributed by atoms with E-state index in [1.807, 2.05) is 6.92 Å². The predicted molar refractivity (Wildman–Crippen MR) is 91.3 cm³/mol. The van der Waals surface area contributed by atoms with Crippen LogP contribution in [0.15, 0.2) is 17.5 Å². The third-order valence-electron chi connectivity index (χ3n) is 3.41. The van der Waals surface area contributed by atoms with Crippen LogP contribution < -0.4 is 5.32 Å². The summed E-state index contributed by atoms with van der Waals surface area (Å²) >= 11 is 8.02. The highest BCUT2D eigenvalue weighted by molar-refractivity contribution is 7.10. The van der Waals surface area contributed by atoms with Gasteiger partial charge in [-0.15, -0.1) is 11.3 Å². The highest BCUT2D eigenvalue weighted by Gasteiger charge is 2.19. The molecule has 0 aliphatic heterocycles. The van der Waals surface area contributed by atoms with Crippen molar-refractivity contribution in [2.24, 2.45) is 5.92 Å². The van der Waals surface area contributed by atoms with Gasteiger partial charge in [-0.05, 0) is 30.7 Å². The molecule has 0 aliphatic rings. The van der Waals surface area contributed by atoms with Crippen molar-refractivity contribution in [2.75, 3.05) is 5.32 Å². The van der Waals surface area contributed by atoms with Crippen LogP contribution in [-0.4, -0.2) is 9.97 Å². The average Bonchev–Trinajstić information content (AvgIpc) is 2.94. The summed E-state index contributed by atoms with van der Waals surface area (Å²) in [5.41, 5.74) is 0.915. The SMILES string of the molecule is CCCc1nc(Cl)c(C)c(NC(c2cccs2)C(C)C)n1. The van der Waals surface area contributed by atoms with Crippen LogP contribution in [0, 0.1) is 12.8 Å². The van der Waals surface area contributed by atoms with Gasteiger partial charge >= 0.3 is 0 Å². The molecule has 0 saturated heterocycles. The second kappa shape index (κ2) is 7.23. The minimum atomic E-state index is 0.240. The molecule has 0 aromatic carbocycles. The molecule has 0 radical (unpaired) electrons. The highest BCUT2D eigenvalue weighted by atomic mass is 35.5. The van der Waals surface area contributed by atoms with Crippen LogP contribution >= 0.6 is 22.9 Å². The van der Waals surface area contributed by atoms with Crippen LogP contribution in [0.2, 0.25) is 5.15 Å². The number of anilines is 1. The number of hydrogen-bond acceptors (Lipinski definition) is 4. The third-order valence-corrected chi connectivity index (χ3v) is 4.74. The van der Waals surface area contributed by atoms with Gasteiger partial charge in [-0.2, -0.15) is 0 Å². The van der Waals surface area contributed by atoms with E-state index in [9.17, 15) is 0 Å². The maximum Gasteiger partial charge on any atom is 0.137 e. The molecule has 2 aromatic heterocycles. The summed E-state index contributed by atoms with van der Waals surface area (Å²) in [4.78, 5) is 10.3. The Morgan fingerprint density at radius 3 is 2.67 bits per heavy atom. The van der Waals surface area contributed by atoms with E-state index in [0.717, 1.165) is 30.0 Å². The Morgan fingerprint density at radius 1 is 1.33 bits per heavy atom. The van der Waals surface area contributed by atoms with Crippen molar-refractivity contribution in [3.05, 3.63) is 38.9 Å². The maximum absolute atomic E-state index is 6.25. The van der Waals surface area contributed by atoms with E-state index in [1.54, 1.807) is 11.3 Å². The van der Waals surface area contributed by atoms with Gasteiger partial charge in [0.15, 0.2) is 0 Å². The molecule has 2 aromatic rings. The monoisotopic (exact) mass is 323 g/mol. The van der Waals surface area contributed by atoms with Crippen LogP contribution in [0.3, 0.4) is 0 Å². The lowest BCUT2D eigenvalue weighted by Crippen LogP contribution is -2.18. The first-order chi connectivity index (χ1) is 10.0. The Kier molecular flexibility index (Phi) is 5.59. The molecule has 0 bridgehead atoms. The number of halogens is 1. The molecule has 1 atom stereocenters. The van der Waals surface area contributed by atoms with E-state index in [2.05, 4.69) is 53.6 Å². The van der Waals surface area contributed by atoms with Gasteiger partial charge in [0.25, 0.3) is 0 Å². The van der Waals surface area contributed by atoms with Crippen molar-refractivity contribution < 1.29 is 0 Å². The highest BCUT2D eigenvalue weighted by Crippen LogP contribution is 2.31. The molecule has 21 heavy (non-hydrogen) atoms. The molecule has 3 nitrogen and oxygen atoms in total. The summed E-state index contributed by atoms with van der Waals surface area (Å²) in [7, 11) is 0. The second-order valence-corrected chi connectivity index (χ2v) is 6.87. The van der Waals surface area contributed by atoms with Gasteiger partial charge in [-0.25, -0.2) is 9.97 Å². The van der Waals surface area contributed by atoms with Crippen LogP contribution in [-0.2, 0) is 6.42 Å². The number of hydrogen-bond donors (Lipinski definition) is 1. The Hall–Kier alpha value is -1.13. The second-order valence-electron chi connectivity index (χ2n) is 5.54. The van der Waals surface area contributed by atoms with Crippen molar-refractivity contribution in [1.29, 1.82) is 0 Å².